The van der Waals surface area contributed by atoms with E-state index in [4.69, 9.17) is 0 Å². The van der Waals surface area contributed by atoms with Crippen LogP contribution in [0.5, 0.6) is 0 Å². The topological polar surface area (TPSA) is 12.0 Å². The second-order valence-electron chi connectivity index (χ2n) is 4.78. The van der Waals surface area contributed by atoms with Crippen LogP contribution < -0.4 is 5.32 Å². The Morgan fingerprint density at radius 1 is 1.26 bits per heavy atom. The number of hydrogen-bond donors (Lipinski definition) is 1. The highest BCUT2D eigenvalue weighted by atomic mass is 32.2. The number of allylic oxidation sites excluding steroid dienone is 1. The van der Waals surface area contributed by atoms with E-state index in [2.05, 4.69) is 49.3 Å². The van der Waals surface area contributed by atoms with E-state index in [0.717, 1.165) is 13.0 Å². The summed E-state index contributed by atoms with van der Waals surface area (Å²) in [6, 6.07) is 9.27. The SMILES string of the molecule is C=CCCCCCC(NCC)c1ccccc1SC. The molecule has 1 N–H and O–H groups in total. The third-order valence-electron chi connectivity index (χ3n) is 3.37. The van der Waals surface area contributed by atoms with Crippen molar-refractivity contribution in [3.8, 4) is 0 Å². The normalized spacial score (nSPS) is 12.3. The molecule has 0 saturated carbocycles. The molecule has 19 heavy (non-hydrogen) atoms. The summed E-state index contributed by atoms with van der Waals surface area (Å²) in [6.45, 7) is 6.99. The van der Waals surface area contributed by atoms with Crippen LogP contribution in [0.3, 0.4) is 0 Å². The maximum atomic E-state index is 3.78. The molecule has 0 aliphatic rings. The number of rotatable bonds is 10. The van der Waals surface area contributed by atoms with Gasteiger partial charge in [-0.15, -0.1) is 18.3 Å². The van der Waals surface area contributed by atoms with E-state index in [9.17, 15) is 0 Å². The van der Waals surface area contributed by atoms with Gasteiger partial charge in [0.05, 0.1) is 0 Å². The molecule has 1 rings (SSSR count). The van der Waals surface area contributed by atoms with Crippen LogP contribution in [-0.4, -0.2) is 12.8 Å². The highest BCUT2D eigenvalue weighted by Gasteiger charge is 2.13. The van der Waals surface area contributed by atoms with E-state index in [1.54, 1.807) is 0 Å². The van der Waals surface area contributed by atoms with Gasteiger partial charge in [-0.05, 0) is 43.7 Å². The first kappa shape index (κ1) is 16.3. The highest BCUT2D eigenvalue weighted by molar-refractivity contribution is 7.98. The number of unbranched alkanes of at least 4 members (excludes halogenated alkanes) is 3. The Bertz CT molecular complexity index is 362. The van der Waals surface area contributed by atoms with Crippen LogP contribution in [0.25, 0.3) is 0 Å². The van der Waals surface area contributed by atoms with E-state index in [0.29, 0.717) is 6.04 Å². The average molecular weight is 277 g/mol. The molecule has 1 unspecified atom stereocenters. The van der Waals surface area contributed by atoms with Gasteiger partial charge in [-0.1, -0.05) is 44.0 Å². The Balaban J connectivity index is 2.57. The Kier molecular flexibility index (Phi) is 8.68. The molecule has 0 amide bonds. The molecule has 0 heterocycles. The molecular formula is C17H27NS. The van der Waals surface area contributed by atoms with E-state index >= 15 is 0 Å². The first-order chi connectivity index (χ1) is 9.33. The number of benzene rings is 1. The first-order valence-corrected chi connectivity index (χ1v) is 8.53. The molecule has 1 aromatic rings. The monoisotopic (exact) mass is 277 g/mol. The Morgan fingerprint density at radius 3 is 2.74 bits per heavy atom. The standard InChI is InChI=1S/C17H27NS/c1-4-6-7-8-9-13-16(18-5-2)15-12-10-11-14-17(15)19-3/h4,10-12,14,16,18H,1,5-9,13H2,2-3H3. The van der Waals surface area contributed by atoms with Crippen molar-refractivity contribution in [2.75, 3.05) is 12.8 Å². The van der Waals surface area contributed by atoms with E-state index in [-0.39, 0.29) is 0 Å². The zero-order valence-corrected chi connectivity index (χ0v) is 13.1. The van der Waals surface area contributed by atoms with Crippen molar-refractivity contribution in [1.82, 2.24) is 5.32 Å². The number of nitrogens with one attached hydrogen (secondary N) is 1. The van der Waals surface area contributed by atoms with Crippen molar-refractivity contribution in [3.63, 3.8) is 0 Å². The van der Waals surface area contributed by atoms with Crippen molar-refractivity contribution >= 4 is 11.8 Å². The van der Waals surface area contributed by atoms with Crippen LogP contribution in [0.1, 0.15) is 50.6 Å². The number of thioether (sulfide) groups is 1. The first-order valence-electron chi connectivity index (χ1n) is 7.30. The third kappa shape index (κ3) is 5.84. The molecule has 0 aromatic heterocycles. The minimum Gasteiger partial charge on any atom is -0.310 e. The largest absolute Gasteiger partial charge is 0.310 e. The molecule has 1 nitrogen and oxygen atoms in total. The van der Waals surface area contributed by atoms with Crippen molar-refractivity contribution in [3.05, 3.63) is 42.5 Å². The molecule has 106 valence electrons. The van der Waals surface area contributed by atoms with Gasteiger partial charge in [-0.2, -0.15) is 0 Å². The summed E-state index contributed by atoms with van der Waals surface area (Å²) in [6.07, 6.45) is 10.4. The quantitative estimate of drug-likeness (QED) is 0.358. The van der Waals surface area contributed by atoms with E-state index < -0.39 is 0 Å². The summed E-state index contributed by atoms with van der Waals surface area (Å²) in [4.78, 5) is 1.40. The maximum absolute atomic E-state index is 3.78. The third-order valence-corrected chi connectivity index (χ3v) is 4.18. The van der Waals surface area contributed by atoms with Gasteiger partial charge < -0.3 is 5.32 Å². The molecule has 0 aliphatic carbocycles. The molecule has 0 spiro atoms. The van der Waals surface area contributed by atoms with Crippen LogP contribution in [0.15, 0.2) is 41.8 Å². The Hall–Kier alpha value is -0.730. The molecule has 0 fully saturated rings. The molecule has 0 saturated heterocycles. The van der Waals surface area contributed by atoms with Crippen LogP contribution >= 0.6 is 11.8 Å². The summed E-state index contributed by atoms with van der Waals surface area (Å²) in [7, 11) is 0. The van der Waals surface area contributed by atoms with Gasteiger partial charge in [-0.25, -0.2) is 0 Å². The van der Waals surface area contributed by atoms with Gasteiger partial charge in [0.25, 0.3) is 0 Å². The second kappa shape index (κ2) is 10.1. The summed E-state index contributed by atoms with van der Waals surface area (Å²) < 4.78 is 0. The van der Waals surface area contributed by atoms with Gasteiger partial charge in [0.2, 0.25) is 0 Å². The lowest BCUT2D eigenvalue weighted by atomic mass is 10.00. The summed E-state index contributed by atoms with van der Waals surface area (Å²) >= 11 is 1.84. The lowest BCUT2D eigenvalue weighted by Gasteiger charge is -2.20. The van der Waals surface area contributed by atoms with Gasteiger partial charge >= 0.3 is 0 Å². The fourth-order valence-electron chi connectivity index (χ4n) is 2.38. The van der Waals surface area contributed by atoms with Crippen LogP contribution in [0.4, 0.5) is 0 Å². The van der Waals surface area contributed by atoms with Crippen molar-refractivity contribution in [2.45, 2.75) is 50.0 Å². The Labute approximate surface area is 122 Å². The molecule has 0 aliphatic heterocycles. The predicted octanol–water partition coefficient (Wildman–Crippen LogP) is 5.20. The smallest absolute Gasteiger partial charge is 0.0331 e. The van der Waals surface area contributed by atoms with Crippen molar-refractivity contribution < 1.29 is 0 Å². The molecule has 1 aromatic carbocycles. The minimum absolute atomic E-state index is 0.498. The van der Waals surface area contributed by atoms with Gasteiger partial charge in [0, 0.05) is 10.9 Å². The molecular weight excluding hydrogens is 250 g/mol. The van der Waals surface area contributed by atoms with Crippen LogP contribution in [0.2, 0.25) is 0 Å². The van der Waals surface area contributed by atoms with Gasteiger partial charge in [-0.3, -0.25) is 0 Å². The van der Waals surface area contributed by atoms with E-state index in [1.807, 2.05) is 17.8 Å². The lowest BCUT2D eigenvalue weighted by molar-refractivity contribution is 0.478. The fourth-order valence-corrected chi connectivity index (χ4v) is 3.04. The zero-order valence-electron chi connectivity index (χ0n) is 12.3. The van der Waals surface area contributed by atoms with Crippen molar-refractivity contribution in [1.29, 1.82) is 0 Å². The van der Waals surface area contributed by atoms with Crippen LogP contribution in [0, 0.1) is 0 Å². The molecule has 0 bridgehead atoms. The number of hydrogen-bond acceptors (Lipinski definition) is 2. The summed E-state index contributed by atoms with van der Waals surface area (Å²) in [5, 5.41) is 3.63. The second-order valence-corrected chi connectivity index (χ2v) is 5.63. The highest BCUT2D eigenvalue weighted by Crippen LogP contribution is 2.28. The summed E-state index contributed by atoms with van der Waals surface area (Å²) in [5.74, 6) is 0. The minimum atomic E-state index is 0.498. The molecule has 2 heteroatoms. The summed E-state index contributed by atoms with van der Waals surface area (Å²) in [5.41, 5.74) is 1.46. The molecule has 0 radical (unpaired) electrons. The van der Waals surface area contributed by atoms with Gasteiger partial charge in [0.1, 0.15) is 0 Å². The average Bonchev–Trinajstić information content (AvgIpc) is 2.46. The van der Waals surface area contributed by atoms with Crippen molar-refractivity contribution in [2.24, 2.45) is 0 Å². The zero-order chi connectivity index (χ0) is 13.9. The Morgan fingerprint density at radius 2 is 2.05 bits per heavy atom. The fraction of sp³-hybridized carbons (Fsp3) is 0.529. The lowest BCUT2D eigenvalue weighted by Crippen LogP contribution is -2.21. The van der Waals surface area contributed by atoms with Gasteiger partial charge in [0.15, 0.2) is 0 Å². The van der Waals surface area contributed by atoms with Crippen LogP contribution in [-0.2, 0) is 0 Å². The molecule has 1 atom stereocenters. The maximum Gasteiger partial charge on any atom is 0.0331 e. The van der Waals surface area contributed by atoms with E-state index in [1.165, 1.54) is 36.1 Å². The predicted molar refractivity (Wildman–Crippen MR) is 87.9 cm³/mol.